The van der Waals surface area contributed by atoms with Crippen LogP contribution in [0.5, 0.6) is 0 Å². The van der Waals surface area contributed by atoms with E-state index in [4.69, 9.17) is 0 Å². The zero-order valence-corrected chi connectivity index (χ0v) is 16.2. The van der Waals surface area contributed by atoms with Crippen molar-refractivity contribution in [2.24, 2.45) is 35.5 Å². The highest BCUT2D eigenvalue weighted by molar-refractivity contribution is 6.22. The summed E-state index contributed by atoms with van der Waals surface area (Å²) in [5, 5.41) is 0. The van der Waals surface area contributed by atoms with E-state index >= 15 is 0 Å². The van der Waals surface area contributed by atoms with Crippen molar-refractivity contribution in [3.8, 4) is 0 Å². The quantitative estimate of drug-likeness (QED) is 0.544. The highest BCUT2D eigenvalue weighted by Crippen LogP contribution is 2.60. The maximum absolute atomic E-state index is 13.4. The first kappa shape index (κ1) is 17.1. The van der Waals surface area contributed by atoms with Crippen molar-refractivity contribution < 1.29 is 19.2 Å². The summed E-state index contributed by atoms with van der Waals surface area (Å²) in [5.74, 6) is -1.54. The third-order valence-corrected chi connectivity index (χ3v) is 8.04. The number of fused-ring (bicyclic) bond motifs is 2. The fourth-order valence-electron chi connectivity index (χ4n) is 6.81. The van der Waals surface area contributed by atoms with Crippen LogP contribution in [0.25, 0.3) is 0 Å². The minimum atomic E-state index is -0.318. The van der Waals surface area contributed by atoms with Crippen molar-refractivity contribution in [1.29, 1.82) is 0 Å². The lowest BCUT2D eigenvalue weighted by atomic mass is 9.53. The fraction of sp³-hybridized carbons (Fsp3) is 0.478. The lowest BCUT2D eigenvalue weighted by Crippen LogP contribution is -2.46. The number of hydrogen-bond acceptors (Lipinski definition) is 4. The standard InChI is InChI=1S/C23H22N2O4/c1-24-20(26)16-9-14-12-7-8-13(15(14)10-17(16)21(24)27)19-18(12)22(28)25(23(19)29)11-5-3-2-4-6-11/h2-6,12-13,16-19H,7-10H2,1H3/t12-,13+,16+,17-,18+,19-. The monoisotopic (exact) mass is 390 g/mol. The molecule has 0 radical (unpaired) electrons. The van der Waals surface area contributed by atoms with Gasteiger partial charge in [0.25, 0.3) is 0 Å². The lowest BCUT2D eigenvalue weighted by Gasteiger charge is -2.49. The zero-order chi connectivity index (χ0) is 20.0. The Morgan fingerprint density at radius 3 is 1.66 bits per heavy atom. The molecule has 3 fully saturated rings. The van der Waals surface area contributed by atoms with Gasteiger partial charge in [-0.15, -0.1) is 0 Å². The van der Waals surface area contributed by atoms with Crippen LogP contribution in [0, 0.1) is 35.5 Å². The van der Waals surface area contributed by atoms with Gasteiger partial charge in [-0.1, -0.05) is 29.3 Å². The first-order valence-electron chi connectivity index (χ1n) is 10.4. The van der Waals surface area contributed by atoms with Crippen molar-refractivity contribution in [2.75, 3.05) is 11.9 Å². The molecule has 7 rings (SSSR count). The molecule has 2 heterocycles. The number of likely N-dealkylation sites (tertiary alicyclic amines) is 1. The number of benzene rings is 1. The zero-order valence-electron chi connectivity index (χ0n) is 16.2. The second kappa shape index (κ2) is 5.65. The average Bonchev–Trinajstić information content (AvgIpc) is 3.14. The Balaban J connectivity index is 1.40. The molecule has 0 N–H and O–H groups in total. The summed E-state index contributed by atoms with van der Waals surface area (Å²) < 4.78 is 0. The first-order valence-corrected chi connectivity index (χ1v) is 10.4. The van der Waals surface area contributed by atoms with E-state index in [-0.39, 0.29) is 59.1 Å². The molecule has 0 spiro atoms. The predicted molar refractivity (Wildman–Crippen MR) is 103 cm³/mol. The molecule has 4 aliphatic carbocycles. The number of amides is 4. The van der Waals surface area contributed by atoms with E-state index in [1.54, 1.807) is 19.2 Å². The maximum Gasteiger partial charge on any atom is 0.238 e. The SMILES string of the molecule is CN1C(=O)[C@H]2CC3=C(C[C@H]2C1=O)[C@@H]1CC[C@H]3[C@@H]2C(=O)N(c3ccccc3)C(=O)[C@@H]21. The van der Waals surface area contributed by atoms with E-state index in [0.717, 1.165) is 12.8 Å². The lowest BCUT2D eigenvalue weighted by molar-refractivity contribution is -0.138. The Morgan fingerprint density at radius 2 is 1.17 bits per heavy atom. The summed E-state index contributed by atoms with van der Waals surface area (Å²) in [5.41, 5.74) is 3.05. The van der Waals surface area contributed by atoms with E-state index in [9.17, 15) is 19.2 Å². The maximum atomic E-state index is 13.4. The van der Waals surface area contributed by atoms with Crippen molar-refractivity contribution in [1.82, 2.24) is 4.90 Å². The molecule has 1 saturated carbocycles. The summed E-state index contributed by atoms with van der Waals surface area (Å²) in [4.78, 5) is 54.5. The number of carbonyl (C=O) groups excluding carboxylic acids is 4. The number of rotatable bonds is 1. The van der Waals surface area contributed by atoms with E-state index in [1.165, 1.54) is 20.9 Å². The minimum Gasteiger partial charge on any atom is -0.285 e. The molecule has 6 aliphatic rings. The van der Waals surface area contributed by atoms with Gasteiger partial charge in [0.05, 0.1) is 29.4 Å². The van der Waals surface area contributed by atoms with Crippen LogP contribution in [0.4, 0.5) is 5.69 Å². The smallest absolute Gasteiger partial charge is 0.238 e. The summed E-state index contributed by atoms with van der Waals surface area (Å²) in [6.07, 6.45) is 2.93. The number of hydrogen-bond donors (Lipinski definition) is 0. The van der Waals surface area contributed by atoms with Crippen LogP contribution in [-0.2, 0) is 19.2 Å². The van der Waals surface area contributed by atoms with Gasteiger partial charge in [0.15, 0.2) is 0 Å². The molecule has 148 valence electrons. The largest absolute Gasteiger partial charge is 0.285 e. The molecule has 29 heavy (non-hydrogen) atoms. The van der Waals surface area contributed by atoms with E-state index in [0.29, 0.717) is 18.5 Å². The molecular formula is C23H22N2O4. The van der Waals surface area contributed by atoms with Gasteiger partial charge in [-0.05, 0) is 49.7 Å². The molecule has 1 aromatic rings. The number of anilines is 1. The Kier molecular flexibility index (Phi) is 3.34. The van der Waals surface area contributed by atoms with Crippen LogP contribution in [-0.4, -0.2) is 35.6 Å². The van der Waals surface area contributed by atoms with Gasteiger partial charge < -0.3 is 0 Å². The molecule has 0 unspecified atom stereocenters. The average molecular weight is 390 g/mol. The normalized spacial score (nSPS) is 38.0. The minimum absolute atomic E-state index is 0.0277. The Hall–Kier alpha value is -2.76. The second-order valence-corrected chi connectivity index (χ2v) is 9.10. The first-order chi connectivity index (χ1) is 14.0. The number of allylic oxidation sites excluding steroid dienone is 2. The van der Waals surface area contributed by atoms with Crippen molar-refractivity contribution in [3.63, 3.8) is 0 Å². The van der Waals surface area contributed by atoms with Crippen LogP contribution in [0.15, 0.2) is 41.5 Å². The van der Waals surface area contributed by atoms with Crippen LogP contribution in [0.2, 0.25) is 0 Å². The molecule has 4 amide bonds. The van der Waals surface area contributed by atoms with E-state index in [1.807, 2.05) is 18.2 Å². The van der Waals surface area contributed by atoms with Gasteiger partial charge in [0.1, 0.15) is 0 Å². The number of imide groups is 2. The Morgan fingerprint density at radius 1 is 0.690 bits per heavy atom. The van der Waals surface area contributed by atoms with Crippen molar-refractivity contribution in [2.45, 2.75) is 25.7 Å². The molecule has 2 aliphatic heterocycles. The number of nitrogens with zero attached hydrogens (tertiary/aromatic N) is 2. The summed E-state index contributed by atoms with van der Waals surface area (Å²) in [6.45, 7) is 0. The molecule has 6 nitrogen and oxygen atoms in total. The van der Waals surface area contributed by atoms with Gasteiger partial charge in [0, 0.05) is 7.05 Å². The van der Waals surface area contributed by atoms with Gasteiger partial charge in [-0.3, -0.25) is 29.0 Å². The van der Waals surface area contributed by atoms with Crippen molar-refractivity contribution in [3.05, 3.63) is 41.5 Å². The van der Waals surface area contributed by atoms with Gasteiger partial charge in [-0.25, -0.2) is 0 Å². The van der Waals surface area contributed by atoms with Gasteiger partial charge >= 0.3 is 0 Å². The van der Waals surface area contributed by atoms with Crippen LogP contribution in [0.3, 0.4) is 0 Å². The van der Waals surface area contributed by atoms with Crippen LogP contribution >= 0.6 is 0 Å². The molecule has 1 aromatic carbocycles. The van der Waals surface area contributed by atoms with Gasteiger partial charge in [0.2, 0.25) is 23.6 Å². The Bertz CT molecular complexity index is 953. The molecule has 6 heteroatoms. The summed E-state index contributed by atoms with van der Waals surface area (Å²) in [6, 6.07) is 9.16. The fourth-order valence-corrected chi connectivity index (χ4v) is 6.81. The van der Waals surface area contributed by atoms with Gasteiger partial charge in [-0.2, -0.15) is 0 Å². The van der Waals surface area contributed by atoms with Crippen molar-refractivity contribution >= 4 is 29.3 Å². The van der Waals surface area contributed by atoms with E-state index < -0.39 is 0 Å². The third-order valence-electron chi connectivity index (χ3n) is 8.04. The molecule has 2 saturated heterocycles. The summed E-state index contributed by atoms with van der Waals surface area (Å²) in [7, 11) is 1.57. The van der Waals surface area contributed by atoms with E-state index in [2.05, 4.69) is 0 Å². The van der Waals surface area contributed by atoms with Crippen LogP contribution < -0.4 is 4.90 Å². The number of carbonyl (C=O) groups is 4. The molecule has 0 aromatic heterocycles. The summed E-state index contributed by atoms with van der Waals surface area (Å²) >= 11 is 0. The molecular weight excluding hydrogens is 368 g/mol. The topological polar surface area (TPSA) is 74.8 Å². The Labute approximate surface area is 168 Å². The highest BCUT2D eigenvalue weighted by atomic mass is 16.2. The highest BCUT2D eigenvalue weighted by Gasteiger charge is 2.63. The predicted octanol–water partition coefficient (Wildman–Crippen LogP) is 2.15. The number of para-hydroxylation sites is 1. The second-order valence-electron chi connectivity index (χ2n) is 9.10. The van der Waals surface area contributed by atoms with Crippen LogP contribution in [0.1, 0.15) is 25.7 Å². The molecule has 2 bridgehead atoms. The molecule has 6 atom stereocenters. The third kappa shape index (κ3) is 2.02.